The number of halogens is 1. The molecule has 4 nitrogen and oxygen atoms in total. The number of oxazole rings is 1. The number of para-hydroxylation sites is 1. The third-order valence-electron chi connectivity index (χ3n) is 2.72. The lowest BCUT2D eigenvalue weighted by Crippen LogP contribution is -1.96. The molecule has 1 heterocycles. The molecule has 0 bridgehead atoms. The van der Waals surface area contributed by atoms with Crippen molar-refractivity contribution < 1.29 is 14.3 Å². The van der Waals surface area contributed by atoms with Gasteiger partial charge in [-0.3, -0.25) is 0 Å². The molecule has 3 rings (SSSR count). The molecule has 0 radical (unpaired) electrons. The van der Waals surface area contributed by atoms with Crippen molar-refractivity contribution in [2.24, 2.45) is 0 Å². The average Bonchev–Trinajstić information content (AvgIpc) is 2.82. The lowest BCUT2D eigenvalue weighted by Gasteiger charge is -1.94. The highest BCUT2D eigenvalue weighted by atomic mass is 127. The summed E-state index contributed by atoms with van der Waals surface area (Å²) in [7, 11) is 0. The fourth-order valence-electron chi connectivity index (χ4n) is 1.87. The van der Waals surface area contributed by atoms with Crippen LogP contribution in [0, 0.1) is 3.57 Å². The van der Waals surface area contributed by atoms with E-state index in [2.05, 4.69) is 27.6 Å². The second kappa shape index (κ2) is 4.65. The van der Waals surface area contributed by atoms with E-state index in [0.29, 0.717) is 17.0 Å². The number of fused-ring (bicyclic) bond motifs is 1. The molecule has 0 saturated heterocycles. The first-order chi connectivity index (χ1) is 9.15. The number of carboxylic acid groups (broad SMARTS) is 1. The highest BCUT2D eigenvalue weighted by Crippen LogP contribution is 2.27. The molecule has 0 aliphatic heterocycles. The predicted octanol–water partition coefficient (Wildman–Crippen LogP) is 3.80. The Bertz CT molecular complexity index is 779. The van der Waals surface area contributed by atoms with Crippen LogP contribution < -0.4 is 0 Å². The highest BCUT2D eigenvalue weighted by Gasteiger charge is 2.15. The molecular formula is C14H8INO3. The third-order valence-corrected chi connectivity index (χ3v) is 3.39. The van der Waals surface area contributed by atoms with Gasteiger partial charge in [0.1, 0.15) is 5.52 Å². The molecule has 0 fully saturated rings. The number of hydrogen-bond donors (Lipinski definition) is 1. The molecule has 3 aromatic rings. The standard InChI is InChI=1S/C14H8INO3/c15-9-4-1-3-8(7-9)13-16-12-10(14(17)18)5-2-6-11(12)19-13/h1-7H,(H,17,18). The van der Waals surface area contributed by atoms with Crippen LogP contribution in [-0.4, -0.2) is 16.1 Å². The third kappa shape index (κ3) is 2.21. The zero-order valence-electron chi connectivity index (χ0n) is 9.63. The number of carboxylic acids is 1. The Morgan fingerprint density at radius 2 is 2.00 bits per heavy atom. The zero-order chi connectivity index (χ0) is 13.4. The minimum absolute atomic E-state index is 0.151. The van der Waals surface area contributed by atoms with Gasteiger partial charge < -0.3 is 9.52 Å². The Hall–Kier alpha value is -1.89. The first-order valence-corrected chi connectivity index (χ1v) is 6.62. The Morgan fingerprint density at radius 3 is 2.74 bits per heavy atom. The smallest absolute Gasteiger partial charge is 0.338 e. The molecule has 1 N–H and O–H groups in total. The molecule has 0 spiro atoms. The monoisotopic (exact) mass is 365 g/mol. The molecule has 0 saturated carbocycles. The quantitative estimate of drug-likeness (QED) is 0.702. The van der Waals surface area contributed by atoms with Crippen molar-refractivity contribution in [2.45, 2.75) is 0 Å². The lowest BCUT2D eigenvalue weighted by atomic mass is 10.2. The zero-order valence-corrected chi connectivity index (χ0v) is 11.8. The van der Waals surface area contributed by atoms with Gasteiger partial charge in [0.05, 0.1) is 5.56 Å². The topological polar surface area (TPSA) is 63.3 Å². The van der Waals surface area contributed by atoms with Gasteiger partial charge in [0.2, 0.25) is 5.89 Å². The first kappa shape index (κ1) is 12.2. The molecule has 0 amide bonds. The Morgan fingerprint density at radius 1 is 1.21 bits per heavy atom. The minimum Gasteiger partial charge on any atom is -0.478 e. The molecule has 0 aliphatic rings. The van der Waals surface area contributed by atoms with Gasteiger partial charge in [-0.15, -0.1) is 0 Å². The van der Waals surface area contributed by atoms with Crippen LogP contribution in [0.15, 0.2) is 46.9 Å². The van der Waals surface area contributed by atoms with Gasteiger partial charge in [0, 0.05) is 9.13 Å². The maximum Gasteiger partial charge on any atom is 0.338 e. The second-order valence-corrected chi connectivity index (χ2v) is 5.23. The molecule has 19 heavy (non-hydrogen) atoms. The van der Waals surface area contributed by atoms with E-state index in [9.17, 15) is 4.79 Å². The summed E-state index contributed by atoms with van der Waals surface area (Å²) in [6.07, 6.45) is 0. The van der Waals surface area contributed by atoms with Gasteiger partial charge in [0.25, 0.3) is 0 Å². The molecule has 0 aliphatic carbocycles. The second-order valence-electron chi connectivity index (χ2n) is 3.99. The van der Waals surface area contributed by atoms with Crippen molar-refractivity contribution in [3.63, 3.8) is 0 Å². The number of aromatic carboxylic acids is 1. The predicted molar refractivity (Wildman–Crippen MR) is 79.1 cm³/mol. The summed E-state index contributed by atoms with van der Waals surface area (Å²) in [6.45, 7) is 0. The summed E-state index contributed by atoms with van der Waals surface area (Å²) < 4.78 is 6.69. The summed E-state index contributed by atoms with van der Waals surface area (Å²) >= 11 is 2.20. The molecule has 5 heteroatoms. The van der Waals surface area contributed by atoms with Crippen molar-refractivity contribution in [2.75, 3.05) is 0 Å². The normalized spacial score (nSPS) is 10.8. The SMILES string of the molecule is O=C(O)c1cccc2oc(-c3cccc(I)c3)nc12. The highest BCUT2D eigenvalue weighted by molar-refractivity contribution is 14.1. The summed E-state index contributed by atoms with van der Waals surface area (Å²) in [5, 5.41) is 9.12. The molecule has 2 aromatic carbocycles. The van der Waals surface area contributed by atoms with Gasteiger partial charge in [-0.05, 0) is 52.9 Å². The van der Waals surface area contributed by atoms with Crippen LogP contribution in [0.25, 0.3) is 22.6 Å². The van der Waals surface area contributed by atoms with Crippen molar-refractivity contribution in [1.82, 2.24) is 4.98 Å². The fraction of sp³-hybridized carbons (Fsp3) is 0. The van der Waals surface area contributed by atoms with E-state index in [1.54, 1.807) is 12.1 Å². The molecule has 94 valence electrons. The van der Waals surface area contributed by atoms with E-state index >= 15 is 0 Å². The Balaban J connectivity index is 2.22. The Labute approximate surface area is 122 Å². The molecule has 1 aromatic heterocycles. The number of aromatic nitrogens is 1. The van der Waals surface area contributed by atoms with E-state index < -0.39 is 5.97 Å². The largest absolute Gasteiger partial charge is 0.478 e. The van der Waals surface area contributed by atoms with Crippen molar-refractivity contribution in [3.05, 3.63) is 51.6 Å². The van der Waals surface area contributed by atoms with E-state index in [4.69, 9.17) is 9.52 Å². The fourth-order valence-corrected chi connectivity index (χ4v) is 2.41. The van der Waals surface area contributed by atoms with Gasteiger partial charge in [-0.2, -0.15) is 0 Å². The maximum atomic E-state index is 11.1. The van der Waals surface area contributed by atoms with Gasteiger partial charge in [-0.1, -0.05) is 12.1 Å². The minimum atomic E-state index is -1.01. The van der Waals surface area contributed by atoms with Crippen LogP contribution in [0.5, 0.6) is 0 Å². The summed E-state index contributed by atoms with van der Waals surface area (Å²) in [5.41, 5.74) is 1.84. The van der Waals surface area contributed by atoms with E-state index in [0.717, 1.165) is 9.13 Å². The number of rotatable bonds is 2. The van der Waals surface area contributed by atoms with Crippen LogP contribution in [0.3, 0.4) is 0 Å². The average molecular weight is 365 g/mol. The van der Waals surface area contributed by atoms with E-state index in [-0.39, 0.29) is 5.56 Å². The summed E-state index contributed by atoms with van der Waals surface area (Å²) in [5.74, 6) is -0.574. The molecular weight excluding hydrogens is 357 g/mol. The summed E-state index contributed by atoms with van der Waals surface area (Å²) in [4.78, 5) is 15.4. The van der Waals surface area contributed by atoms with Crippen LogP contribution in [0.1, 0.15) is 10.4 Å². The Kier molecular flexibility index (Phi) is 2.98. The van der Waals surface area contributed by atoms with Gasteiger partial charge >= 0.3 is 5.97 Å². The number of benzene rings is 2. The number of nitrogens with zero attached hydrogens (tertiary/aromatic N) is 1. The summed E-state index contributed by atoms with van der Waals surface area (Å²) in [6, 6.07) is 12.6. The van der Waals surface area contributed by atoms with Crippen LogP contribution in [0.4, 0.5) is 0 Å². The van der Waals surface area contributed by atoms with Crippen LogP contribution >= 0.6 is 22.6 Å². The molecule has 0 atom stereocenters. The molecule has 0 unspecified atom stereocenters. The van der Waals surface area contributed by atoms with Crippen LogP contribution in [0.2, 0.25) is 0 Å². The van der Waals surface area contributed by atoms with Crippen molar-refractivity contribution in [3.8, 4) is 11.5 Å². The van der Waals surface area contributed by atoms with Crippen molar-refractivity contribution in [1.29, 1.82) is 0 Å². The number of carbonyl (C=O) groups is 1. The van der Waals surface area contributed by atoms with E-state index in [1.807, 2.05) is 24.3 Å². The van der Waals surface area contributed by atoms with Crippen LogP contribution in [-0.2, 0) is 0 Å². The lowest BCUT2D eigenvalue weighted by molar-refractivity contribution is 0.0699. The number of hydrogen-bond acceptors (Lipinski definition) is 3. The first-order valence-electron chi connectivity index (χ1n) is 5.54. The van der Waals surface area contributed by atoms with Gasteiger partial charge in [0.15, 0.2) is 5.58 Å². The van der Waals surface area contributed by atoms with Crippen molar-refractivity contribution >= 4 is 39.7 Å². The van der Waals surface area contributed by atoms with E-state index in [1.165, 1.54) is 6.07 Å². The van der Waals surface area contributed by atoms with Gasteiger partial charge in [-0.25, -0.2) is 9.78 Å². The maximum absolute atomic E-state index is 11.1.